The first kappa shape index (κ1) is 20.1. The molecule has 2 aliphatic carbocycles. The molecule has 1 saturated heterocycles. The SMILES string of the molecule is CCOC(=O)COc1cc(N(C)C)ccc1C=NN1C(=O)C2C3C=CC(C3)C2C1=O. The topological polar surface area (TPSA) is 88.5 Å². The third-order valence-electron chi connectivity index (χ3n) is 5.92. The van der Waals surface area contributed by atoms with E-state index in [1.54, 1.807) is 19.1 Å². The summed E-state index contributed by atoms with van der Waals surface area (Å²) >= 11 is 0. The highest BCUT2D eigenvalue weighted by Crippen LogP contribution is 2.52. The number of anilines is 1. The molecule has 1 aromatic carbocycles. The number of carbonyl (C=O) groups is 3. The summed E-state index contributed by atoms with van der Waals surface area (Å²) in [6, 6.07) is 5.41. The van der Waals surface area contributed by atoms with Crippen molar-refractivity contribution in [2.24, 2.45) is 28.8 Å². The highest BCUT2D eigenvalue weighted by atomic mass is 16.6. The van der Waals surface area contributed by atoms with Crippen LogP contribution in [0.2, 0.25) is 0 Å². The Morgan fingerprint density at radius 2 is 1.87 bits per heavy atom. The second-order valence-corrected chi connectivity index (χ2v) is 7.94. The van der Waals surface area contributed by atoms with Gasteiger partial charge in [0.2, 0.25) is 0 Å². The molecule has 1 saturated carbocycles. The molecule has 30 heavy (non-hydrogen) atoms. The number of hydrazone groups is 1. The third kappa shape index (κ3) is 3.46. The fourth-order valence-corrected chi connectivity index (χ4v) is 4.49. The van der Waals surface area contributed by atoms with Crippen molar-refractivity contribution in [2.75, 3.05) is 32.2 Å². The zero-order chi connectivity index (χ0) is 21.4. The number of hydrogen-bond acceptors (Lipinski definition) is 7. The van der Waals surface area contributed by atoms with Crippen LogP contribution in [-0.2, 0) is 19.1 Å². The molecule has 1 aromatic rings. The number of fused-ring (bicyclic) bond motifs is 5. The molecule has 0 radical (unpaired) electrons. The first-order valence-corrected chi connectivity index (χ1v) is 10.1. The Hall–Kier alpha value is -3.16. The second kappa shape index (κ2) is 7.93. The molecule has 8 heteroatoms. The largest absolute Gasteiger partial charge is 0.481 e. The molecule has 4 atom stereocenters. The summed E-state index contributed by atoms with van der Waals surface area (Å²) in [7, 11) is 3.78. The molecule has 3 aliphatic rings. The Bertz CT molecular complexity index is 909. The van der Waals surface area contributed by atoms with E-state index in [-0.39, 0.29) is 48.7 Å². The van der Waals surface area contributed by atoms with Gasteiger partial charge in [-0.15, -0.1) is 0 Å². The smallest absolute Gasteiger partial charge is 0.344 e. The van der Waals surface area contributed by atoms with E-state index in [0.29, 0.717) is 11.3 Å². The molecule has 2 fully saturated rings. The number of ether oxygens (including phenoxy) is 2. The van der Waals surface area contributed by atoms with Gasteiger partial charge in [-0.05, 0) is 37.3 Å². The first-order chi connectivity index (χ1) is 14.4. The van der Waals surface area contributed by atoms with Crippen LogP contribution in [0.3, 0.4) is 0 Å². The van der Waals surface area contributed by atoms with Crippen molar-refractivity contribution in [3.8, 4) is 5.75 Å². The van der Waals surface area contributed by atoms with Gasteiger partial charge < -0.3 is 14.4 Å². The predicted molar refractivity (Wildman–Crippen MR) is 110 cm³/mol. The summed E-state index contributed by atoms with van der Waals surface area (Å²) in [4.78, 5) is 39.1. The average Bonchev–Trinajstić information content (AvgIpc) is 3.40. The molecular formula is C22H25N3O5. The first-order valence-electron chi connectivity index (χ1n) is 10.1. The van der Waals surface area contributed by atoms with Crippen LogP contribution < -0.4 is 9.64 Å². The molecule has 8 nitrogen and oxygen atoms in total. The maximum atomic E-state index is 12.8. The van der Waals surface area contributed by atoms with Crippen LogP contribution in [0.15, 0.2) is 35.5 Å². The normalized spacial score (nSPS) is 26.6. The van der Waals surface area contributed by atoms with Gasteiger partial charge in [-0.25, -0.2) is 4.79 Å². The van der Waals surface area contributed by atoms with Gasteiger partial charge in [-0.3, -0.25) is 9.59 Å². The number of nitrogens with zero attached hydrogens (tertiary/aromatic N) is 3. The number of hydrogen-bond donors (Lipinski definition) is 0. The summed E-state index contributed by atoms with van der Waals surface area (Å²) in [5.41, 5.74) is 1.43. The lowest BCUT2D eigenvalue weighted by Crippen LogP contribution is -2.28. The van der Waals surface area contributed by atoms with Crippen molar-refractivity contribution in [1.29, 1.82) is 0 Å². The van der Waals surface area contributed by atoms with E-state index >= 15 is 0 Å². The van der Waals surface area contributed by atoms with Crippen molar-refractivity contribution in [1.82, 2.24) is 5.01 Å². The number of esters is 1. The molecule has 0 aromatic heterocycles. The molecule has 2 bridgehead atoms. The summed E-state index contributed by atoms with van der Waals surface area (Å²) < 4.78 is 10.5. The van der Waals surface area contributed by atoms with Crippen molar-refractivity contribution >= 4 is 29.7 Å². The molecule has 158 valence electrons. The molecule has 1 aliphatic heterocycles. The van der Waals surface area contributed by atoms with Gasteiger partial charge in [0, 0.05) is 31.4 Å². The molecule has 2 amide bonds. The fraction of sp³-hybridized carbons (Fsp3) is 0.455. The summed E-state index contributed by atoms with van der Waals surface area (Å²) in [6.45, 7) is 1.75. The van der Waals surface area contributed by atoms with E-state index in [1.165, 1.54) is 6.21 Å². The molecule has 1 heterocycles. The minimum absolute atomic E-state index is 0.138. The Morgan fingerprint density at radius 3 is 2.47 bits per heavy atom. The Kier molecular flexibility index (Phi) is 5.32. The third-order valence-corrected chi connectivity index (χ3v) is 5.92. The molecular weight excluding hydrogens is 386 g/mol. The monoisotopic (exact) mass is 411 g/mol. The summed E-state index contributed by atoms with van der Waals surface area (Å²) in [5.74, 6) is -0.844. The number of imide groups is 1. The molecule has 4 unspecified atom stereocenters. The lowest BCUT2D eigenvalue weighted by Gasteiger charge is -2.16. The van der Waals surface area contributed by atoms with E-state index in [0.717, 1.165) is 17.1 Å². The van der Waals surface area contributed by atoms with E-state index < -0.39 is 5.97 Å². The lowest BCUT2D eigenvalue weighted by atomic mass is 9.85. The van der Waals surface area contributed by atoms with Gasteiger partial charge in [0.1, 0.15) is 5.75 Å². The van der Waals surface area contributed by atoms with Crippen LogP contribution in [0.5, 0.6) is 5.75 Å². The number of amides is 2. The van der Waals surface area contributed by atoms with Gasteiger partial charge in [-0.2, -0.15) is 10.1 Å². The van der Waals surface area contributed by atoms with Crippen LogP contribution in [0, 0.1) is 23.7 Å². The van der Waals surface area contributed by atoms with E-state index in [9.17, 15) is 14.4 Å². The van der Waals surface area contributed by atoms with E-state index in [2.05, 4.69) is 5.10 Å². The summed E-state index contributed by atoms with van der Waals surface area (Å²) in [5, 5.41) is 5.20. The maximum absolute atomic E-state index is 12.8. The highest BCUT2D eigenvalue weighted by Gasteiger charge is 2.59. The second-order valence-electron chi connectivity index (χ2n) is 7.94. The average molecular weight is 411 g/mol. The van der Waals surface area contributed by atoms with Crippen LogP contribution in [0.25, 0.3) is 0 Å². The molecule has 0 N–H and O–H groups in total. The standard InChI is InChI=1S/C22H25N3O5/c1-4-29-18(26)12-30-17-10-16(24(2)3)8-7-15(17)11-23-25-21(27)19-13-5-6-14(9-13)20(19)22(25)28/h5-8,10-11,13-14,19-20H,4,9,12H2,1-3H3. The van der Waals surface area contributed by atoms with Crippen molar-refractivity contribution in [3.63, 3.8) is 0 Å². The minimum Gasteiger partial charge on any atom is -0.481 e. The van der Waals surface area contributed by atoms with Crippen LogP contribution >= 0.6 is 0 Å². The zero-order valence-corrected chi connectivity index (χ0v) is 17.3. The number of rotatable bonds is 7. The van der Waals surface area contributed by atoms with Gasteiger partial charge in [0.25, 0.3) is 11.8 Å². The highest BCUT2D eigenvalue weighted by molar-refractivity contribution is 6.07. The zero-order valence-electron chi connectivity index (χ0n) is 17.3. The Morgan fingerprint density at radius 1 is 1.20 bits per heavy atom. The predicted octanol–water partition coefficient (Wildman–Crippen LogP) is 1.84. The van der Waals surface area contributed by atoms with Gasteiger partial charge in [0.15, 0.2) is 6.61 Å². The van der Waals surface area contributed by atoms with Crippen molar-refractivity contribution in [3.05, 3.63) is 35.9 Å². The van der Waals surface area contributed by atoms with Gasteiger partial charge >= 0.3 is 5.97 Å². The quantitative estimate of drug-likeness (QED) is 0.294. The van der Waals surface area contributed by atoms with Crippen molar-refractivity contribution in [2.45, 2.75) is 13.3 Å². The van der Waals surface area contributed by atoms with Gasteiger partial charge in [-0.1, -0.05) is 12.2 Å². The minimum atomic E-state index is -0.476. The fourth-order valence-electron chi connectivity index (χ4n) is 4.49. The molecule has 0 spiro atoms. The van der Waals surface area contributed by atoms with E-state index in [4.69, 9.17) is 9.47 Å². The number of allylic oxidation sites excluding steroid dienone is 2. The summed E-state index contributed by atoms with van der Waals surface area (Å²) in [6.07, 6.45) is 6.41. The van der Waals surface area contributed by atoms with Crippen LogP contribution in [0.1, 0.15) is 18.9 Å². The Labute approximate surface area is 175 Å². The van der Waals surface area contributed by atoms with Crippen LogP contribution in [-0.4, -0.2) is 56.3 Å². The molecule has 4 rings (SSSR count). The van der Waals surface area contributed by atoms with Gasteiger partial charge in [0.05, 0.1) is 24.7 Å². The van der Waals surface area contributed by atoms with E-state index in [1.807, 2.05) is 37.2 Å². The number of benzene rings is 1. The number of carbonyl (C=O) groups excluding carboxylic acids is 3. The Balaban J connectivity index is 1.55. The lowest BCUT2D eigenvalue weighted by molar-refractivity contribution is -0.145. The maximum Gasteiger partial charge on any atom is 0.344 e. The van der Waals surface area contributed by atoms with Crippen molar-refractivity contribution < 1.29 is 23.9 Å². The van der Waals surface area contributed by atoms with Crippen LogP contribution in [0.4, 0.5) is 5.69 Å².